The number of hydrogen-bond donors (Lipinski definition) is 1. The highest BCUT2D eigenvalue weighted by atomic mass is 35.5. The molecule has 12 heteroatoms. The normalized spacial score (nSPS) is 17.0. The molecule has 0 saturated carbocycles. The van der Waals surface area contributed by atoms with Gasteiger partial charge in [0, 0.05) is 65.4 Å². The lowest BCUT2D eigenvalue weighted by atomic mass is 9.98. The topological polar surface area (TPSA) is 104 Å². The highest BCUT2D eigenvalue weighted by Crippen LogP contribution is 2.46. The smallest absolute Gasteiger partial charge is 0.352 e. The monoisotopic (exact) mass is 767 g/mol. The van der Waals surface area contributed by atoms with E-state index in [0.29, 0.717) is 61.1 Å². The molecule has 3 aromatic carbocycles. The van der Waals surface area contributed by atoms with Gasteiger partial charge in [0.05, 0.1) is 40.1 Å². The maximum absolute atomic E-state index is 15.2. The van der Waals surface area contributed by atoms with Crippen molar-refractivity contribution in [3.05, 3.63) is 98.0 Å². The SMILES string of the molecule is Cc1cc(OCCCc2c3n(c4c(-c5c(C)nn(C)c5C)c(Cl)ccc24)[C@H](C)CN(c2cccc4cc(C(=O)O)n(CC5CCO5)c24)C3=O)cc(C)c1Cl. The summed E-state index contributed by atoms with van der Waals surface area (Å²) in [5.74, 6) is -0.411. The summed E-state index contributed by atoms with van der Waals surface area (Å²) >= 11 is 13.5. The number of ether oxygens (including phenoxy) is 2. The third kappa shape index (κ3) is 5.86. The van der Waals surface area contributed by atoms with Crippen molar-refractivity contribution in [2.75, 3.05) is 24.7 Å². The molecule has 0 aliphatic carbocycles. The number of amides is 1. The maximum atomic E-state index is 15.2. The van der Waals surface area contributed by atoms with Crippen LogP contribution in [0.4, 0.5) is 5.69 Å². The van der Waals surface area contributed by atoms with Gasteiger partial charge in [0.2, 0.25) is 0 Å². The first kappa shape index (κ1) is 36.2. The minimum absolute atomic E-state index is 0.0812. The highest BCUT2D eigenvalue weighted by molar-refractivity contribution is 6.35. The third-order valence-electron chi connectivity index (χ3n) is 11.2. The van der Waals surface area contributed by atoms with Crippen molar-refractivity contribution in [2.24, 2.45) is 7.05 Å². The minimum Gasteiger partial charge on any atom is -0.494 e. The molecule has 1 unspecified atom stereocenters. The average Bonchev–Trinajstić information content (AvgIpc) is 3.74. The number of carbonyl (C=O) groups excluding carboxylic acids is 1. The predicted molar refractivity (Wildman–Crippen MR) is 213 cm³/mol. The van der Waals surface area contributed by atoms with Gasteiger partial charge in [-0.25, -0.2) is 4.79 Å². The molecule has 5 heterocycles. The van der Waals surface area contributed by atoms with Crippen LogP contribution in [0.15, 0.2) is 48.5 Å². The minimum atomic E-state index is -1.02. The van der Waals surface area contributed by atoms with Gasteiger partial charge in [-0.05, 0) is 101 Å². The summed E-state index contributed by atoms with van der Waals surface area (Å²) in [5.41, 5.74) is 9.57. The second-order valence-corrected chi connectivity index (χ2v) is 15.5. The summed E-state index contributed by atoms with van der Waals surface area (Å²) in [6.07, 6.45) is 2.00. The number of nitrogens with zero attached hydrogens (tertiary/aromatic N) is 5. The second kappa shape index (κ2) is 13.8. The molecule has 3 aromatic heterocycles. The summed E-state index contributed by atoms with van der Waals surface area (Å²) in [6, 6.07) is 15.1. The van der Waals surface area contributed by atoms with Crippen LogP contribution in [0.25, 0.3) is 32.9 Å². The van der Waals surface area contributed by atoms with Gasteiger partial charge in [0.1, 0.15) is 17.1 Å². The van der Waals surface area contributed by atoms with Gasteiger partial charge in [0.15, 0.2) is 0 Å². The molecule has 6 aromatic rings. The van der Waals surface area contributed by atoms with Crippen LogP contribution in [0.3, 0.4) is 0 Å². The van der Waals surface area contributed by atoms with E-state index >= 15 is 4.79 Å². The van der Waals surface area contributed by atoms with Gasteiger partial charge in [-0.15, -0.1) is 0 Å². The fourth-order valence-corrected chi connectivity index (χ4v) is 8.81. The number of carbonyl (C=O) groups is 2. The molecule has 8 rings (SSSR count). The van der Waals surface area contributed by atoms with Crippen LogP contribution in [-0.4, -0.2) is 61.8 Å². The van der Waals surface area contributed by atoms with E-state index in [-0.39, 0.29) is 23.7 Å². The van der Waals surface area contributed by atoms with Crippen molar-refractivity contribution >= 4 is 62.6 Å². The van der Waals surface area contributed by atoms with Crippen LogP contribution >= 0.6 is 23.2 Å². The summed E-state index contributed by atoms with van der Waals surface area (Å²) < 4.78 is 17.8. The highest BCUT2D eigenvalue weighted by Gasteiger charge is 2.38. The first-order valence-corrected chi connectivity index (χ1v) is 19.2. The summed E-state index contributed by atoms with van der Waals surface area (Å²) in [6.45, 7) is 11.9. The van der Waals surface area contributed by atoms with Crippen molar-refractivity contribution in [1.82, 2.24) is 18.9 Å². The van der Waals surface area contributed by atoms with Gasteiger partial charge in [-0.3, -0.25) is 9.48 Å². The zero-order valence-corrected chi connectivity index (χ0v) is 32.8. The van der Waals surface area contributed by atoms with E-state index in [4.69, 9.17) is 37.8 Å². The lowest BCUT2D eigenvalue weighted by Gasteiger charge is -2.35. The van der Waals surface area contributed by atoms with Crippen LogP contribution in [-0.2, 0) is 24.8 Å². The molecule has 0 spiro atoms. The number of aromatic nitrogens is 4. The van der Waals surface area contributed by atoms with Gasteiger partial charge in [-0.2, -0.15) is 5.10 Å². The maximum Gasteiger partial charge on any atom is 0.352 e. The molecule has 280 valence electrons. The van der Waals surface area contributed by atoms with Gasteiger partial charge >= 0.3 is 5.97 Å². The molecule has 54 heavy (non-hydrogen) atoms. The Morgan fingerprint density at radius 3 is 2.43 bits per heavy atom. The number of aromatic carboxylic acids is 1. The Bertz CT molecular complexity index is 2480. The first-order chi connectivity index (χ1) is 25.8. The zero-order valence-electron chi connectivity index (χ0n) is 31.3. The number of halogens is 2. The van der Waals surface area contributed by atoms with E-state index < -0.39 is 5.97 Å². The lowest BCUT2D eigenvalue weighted by Crippen LogP contribution is -2.43. The Labute approximate surface area is 323 Å². The fourth-order valence-electron chi connectivity index (χ4n) is 8.46. The molecule has 2 atom stereocenters. The molecule has 1 saturated heterocycles. The zero-order chi connectivity index (χ0) is 38.2. The molecule has 0 bridgehead atoms. The molecule has 1 amide bonds. The van der Waals surface area contributed by atoms with Gasteiger partial charge < -0.3 is 28.6 Å². The molecule has 0 radical (unpaired) electrons. The standard InChI is InChI=1S/C42H43Cl2N5O5/c1-22-17-29(18-23(2)37(22)44)53-15-8-10-30-31-12-13-32(43)36(35-25(4)45-46(6)26(35)5)39(31)49-24(3)20-48(41(50)40(30)49)33-11-7-9-27-19-34(42(51)52)47(38(27)33)21-28-14-16-54-28/h7,9,11-13,17-19,24,28H,8,10,14-16,20-21H2,1-6H3,(H,51,52)/t24-,28?/m1/s1. The van der Waals surface area contributed by atoms with E-state index in [2.05, 4.69) is 11.5 Å². The second-order valence-electron chi connectivity index (χ2n) is 14.7. The Hall–Kier alpha value is -4.77. The molecule has 1 N–H and O–H groups in total. The van der Waals surface area contributed by atoms with Gasteiger partial charge in [0.25, 0.3) is 5.91 Å². The largest absolute Gasteiger partial charge is 0.494 e. The number of benzene rings is 3. The number of carboxylic acid groups (broad SMARTS) is 1. The number of rotatable bonds is 10. The Balaban J connectivity index is 1.27. The Kier molecular flexibility index (Phi) is 9.27. The number of anilines is 1. The van der Waals surface area contributed by atoms with E-state index in [1.807, 2.05) is 91.4 Å². The van der Waals surface area contributed by atoms with Crippen molar-refractivity contribution in [1.29, 1.82) is 0 Å². The summed E-state index contributed by atoms with van der Waals surface area (Å²) in [5, 5.41) is 18.0. The third-order valence-corrected chi connectivity index (χ3v) is 12.1. The van der Waals surface area contributed by atoms with E-state index in [1.165, 1.54) is 0 Å². The van der Waals surface area contributed by atoms with Crippen LogP contribution in [0.2, 0.25) is 10.0 Å². The quantitative estimate of drug-likeness (QED) is 0.140. The van der Waals surface area contributed by atoms with Crippen molar-refractivity contribution in [3.63, 3.8) is 0 Å². The number of fused-ring (bicyclic) bond motifs is 4. The number of para-hydroxylation sites is 1. The molecule has 2 aliphatic heterocycles. The number of carboxylic acids is 1. The van der Waals surface area contributed by atoms with E-state index in [0.717, 1.165) is 72.7 Å². The molecular formula is C42H43Cl2N5O5. The Morgan fingerprint density at radius 2 is 1.78 bits per heavy atom. The van der Waals surface area contributed by atoms with Crippen molar-refractivity contribution in [3.8, 4) is 16.9 Å². The first-order valence-electron chi connectivity index (χ1n) is 18.4. The number of aryl methyl sites for hydroxylation is 5. The lowest BCUT2D eigenvalue weighted by molar-refractivity contribution is -0.0588. The molecule has 10 nitrogen and oxygen atoms in total. The molecule has 1 fully saturated rings. The van der Waals surface area contributed by atoms with Crippen molar-refractivity contribution in [2.45, 2.75) is 72.6 Å². The van der Waals surface area contributed by atoms with Crippen LogP contribution in [0.5, 0.6) is 5.75 Å². The number of hydrogen-bond acceptors (Lipinski definition) is 5. The predicted octanol–water partition coefficient (Wildman–Crippen LogP) is 9.26. The van der Waals surface area contributed by atoms with Gasteiger partial charge in [-0.1, -0.05) is 41.4 Å². The van der Waals surface area contributed by atoms with Crippen molar-refractivity contribution < 1.29 is 24.2 Å². The summed E-state index contributed by atoms with van der Waals surface area (Å²) in [4.78, 5) is 29.6. The fraction of sp³-hybridized carbons (Fsp3) is 0.357. The van der Waals surface area contributed by atoms with Crippen LogP contribution < -0.4 is 9.64 Å². The Morgan fingerprint density at radius 1 is 1.04 bits per heavy atom. The van der Waals surface area contributed by atoms with E-state index in [1.54, 1.807) is 6.07 Å². The molecule has 2 aliphatic rings. The summed E-state index contributed by atoms with van der Waals surface area (Å²) in [7, 11) is 1.93. The average molecular weight is 769 g/mol. The molecular weight excluding hydrogens is 725 g/mol. The van der Waals surface area contributed by atoms with E-state index in [9.17, 15) is 9.90 Å². The van der Waals surface area contributed by atoms with Crippen LogP contribution in [0.1, 0.15) is 74.9 Å². The van der Waals surface area contributed by atoms with Crippen LogP contribution in [0, 0.1) is 27.7 Å².